The lowest BCUT2D eigenvalue weighted by atomic mass is 9.85. The van der Waals surface area contributed by atoms with Gasteiger partial charge in [-0.3, -0.25) is 0 Å². The van der Waals surface area contributed by atoms with Crippen LogP contribution in [-0.2, 0) is 0 Å². The van der Waals surface area contributed by atoms with Crippen molar-refractivity contribution in [2.75, 3.05) is 18.0 Å². The van der Waals surface area contributed by atoms with E-state index >= 15 is 0 Å². The van der Waals surface area contributed by atoms with Crippen molar-refractivity contribution in [2.45, 2.75) is 39.2 Å². The van der Waals surface area contributed by atoms with Gasteiger partial charge < -0.3 is 10.0 Å². The maximum absolute atomic E-state index is 9.56. The molecule has 1 saturated carbocycles. The van der Waals surface area contributed by atoms with Gasteiger partial charge in [0, 0.05) is 13.1 Å². The quantitative estimate of drug-likeness (QED) is 0.871. The molecular weight excluding hydrogens is 246 g/mol. The fraction of sp³-hybridized carbons (Fsp3) is 0.600. The lowest BCUT2D eigenvalue weighted by Gasteiger charge is -2.33. The molecule has 1 atom stereocenters. The van der Waals surface area contributed by atoms with Crippen molar-refractivity contribution in [1.82, 2.24) is 0 Å². The van der Waals surface area contributed by atoms with Gasteiger partial charge in [0.15, 0.2) is 0 Å². The zero-order valence-corrected chi connectivity index (χ0v) is 12.0. The van der Waals surface area contributed by atoms with Crippen LogP contribution in [0.2, 0.25) is 5.02 Å². The van der Waals surface area contributed by atoms with Crippen LogP contribution in [0.3, 0.4) is 0 Å². The van der Waals surface area contributed by atoms with Crippen molar-refractivity contribution >= 4 is 17.3 Å². The summed E-state index contributed by atoms with van der Waals surface area (Å²) in [6.07, 6.45) is 3.61. The molecule has 18 heavy (non-hydrogen) atoms. The number of rotatable bonds is 5. The Morgan fingerprint density at radius 3 is 2.61 bits per heavy atom. The molecule has 1 fully saturated rings. The minimum atomic E-state index is -0.460. The molecule has 100 valence electrons. The Hall–Kier alpha value is -0.730. The Bertz CT molecular complexity index is 401. The first-order valence-electron chi connectivity index (χ1n) is 6.84. The van der Waals surface area contributed by atoms with Crippen LogP contribution < -0.4 is 4.90 Å². The molecule has 1 N–H and O–H groups in total. The van der Waals surface area contributed by atoms with Gasteiger partial charge in [0.25, 0.3) is 0 Å². The second kappa shape index (κ2) is 5.94. The number of aliphatic hydroxyl groups is 1. The number of anilines is 1. The number of hydrogen-bond donors (Lipinski definition) is 1. The summed E-state index contributed by atoms with van der Waals surface area (Å²) < 4.78 is 0. The summed E-state index contributed by atoms with van der Waals surface area (Å²) in [7, 11) is 0. The standard InChI is InChI=1S/C15H22ClNO/c1-3-17(10-12-5-4-6-12)15-8-7-13(11(2)18)9-14(15)16/h7-9,11-12,18H,3-6,10H2,1-2H3/t11-/m0/s1. The molecule has 1 aromatic rings. The maximum atomic E-state index is 9.56. The molecule has 0 aromatic heterocycles. The molecule has 0 amide bonds. The van der Waals surface area contributed by atoms with E-state index in [4.69, 9.17) is 11.6 Å². The van der Waals surface area contributed by atoms with E-state index in [9.17, 15) is 5.11 Å². The van der Waals surface area contributed by atoms with Crippen molar-refractivity contribution < 1.29 is 5.11 Å². The molecule has 3 heteroatoms. The van der Waals surface area contributed by atoms with E-state index < -0.39 is 6.10 Å². The van der Waals surface area contributed by atoms with Crippen molar-refractivity contribution in [2.24, 2.45) is 5.92 Å². The van der Waals surface area contributed by atoms with Crippen LogP contribution in [0.5, 0.6) is 0 Å². The summed E-state index contributed by atoms with van der Waals surface area (Å²) in [5, 5.41) is 10.3. The average Bonchev–Trinajstić information content (AvgIpc) is 2.29. The highest BCUT2D eigenvalue weighted by molar-refractivity contribution is 6.33. The van der Waals surface area contributed by atoms with Gasteiger partial charge in [-0.25, -0.2) is 0 Å². The summed E-state index contributed by atoms with van der Waals surface area (Å²) in [4.78, 5) is 2.35. The highest BCUT2D eigenvalue weighted by Gasteiger charge is 2.21. The predicted octanol–water partition coefficient (Wildman–Crippen LogP) is 4.02. The Labute approximate surface area is 115 Å². The molecule has 0 bridgehead atoms. The molecule has 1 aliphatic carbocycles. The Morgan fingerprint density at radius 2 is 2.17 bits per heavy atom. The van der Waals surface area contributed by atoms with Crippen LogP contribution in [-0.4, -0.2) is 18.2 Å². The fourth-order valence-electron chi connectivity index (χ4n) is 2.42. The first-order chi connectivity index (χ1) is 8.61. The fourth-order valence-corrected chi connectivity index (χ4v) is 2.73. The van der Waals surface area contributed by atoms with Crippen LogP contribution in [0.1, 0.15) is 44.8 Å². The second-order valence-corrected chi connectivity index (χ2v) is 5.63. The smallest absolute Gasteiger partial charge is 0.0762 e. The first-order valence-corrected chi connectivity index (χ1v) is 7.22. The van der Waals surface area contributed by atoms with E-state index in [2.05, 4.69) is 11.8 Å². The van der Waals surface area contributed by atoms with Gasteiger partial charge in [-0.1, -0.05) is 24.1 Å². The number of benzene rings is 1. The minimum Gasteiger partial charge on any atom is -0.389 e. The van der Waals surface area contributed by atoms with Crippen molar-refractivity contribution in [1.29, 1.82) is 0 Å². The maximum Gasteiger partial charge on any atom is 0.0762 e. The summed E-state index contributed by atoms with van der Waals surface area (Å²) >= 11 is 6.34. The van der Waals surface area contributed by atoms with Gasteiger partial charge in [-0.05, 0) is 50.3 Å². The molecule has 0 radical (unpaired) electrons. The molecule has 2 rings (SSSR count). The SMILES string of the molecule is CCN(CC1CCC1)c1ccc([C@H](C)O)cc1Cl. The monoisotopic (exact) mass is 267 g/mol. The highest BCUT2D eigenvalue weighted by atomic mass is 35.5. The number of nitrogens with zero attached hydrogens (tertiary/aromatic N) is 1. The molecule has 0 aliphatic heterocycles. The topological polar surface area (TPSA) is 23.5 Å². The van der Waals surface area contributed by atoms with Gasteiger partial charge in [0.2, 0.25) is 0 Å². The zero-order valence-electron chi connectivity index (χ0n) is 11.2. The van der Waals surface area contributed by atoms with E-state index in [0.29, 0.717) is 0 Å². The molecule has 0 spiro atoms. The van der Waals surface area contributed by atoms with E-state index in [1.807, 2.05) is 18.2 Å². The van der Waals surface area contributed by atoms with Crippen molar-refractivity contribution in [3.05, 3.63) is 28.8 Å². The number of hydrogen-bond acceptors (Lipinski definition) is 2. The third kappa shape index (κ3) is 2.99. The molecule has 1 aliphatic rings. The lowest BCUT2D eigenvalue weighted by molar-refractivity contribution is 0.199. The summed E-state index contributed by atoms with van der Waals surface area (Å²) in [6, 6.07) is 5.88. The number of aliphatic hydroxyl groups excluding tert-OH is 1. The van der Waals surface area contributed by atoms with E-state index in [1.54, 1.807) is 6.92 Å². The summed E-state index contributed by atoms with van der Waals surface area (Å²) in [5.41, 5.74) is 1.97. The van der Waals surface area contributed by atoms with E-state index in [-0.39, 0.29) is 0 Å². The van der Waals surface area contributed by atoms with Gasteiger partial charge in [-0.15, -0.1) is 0 Å². The van der Waals surface area contributed by atoms with Gasteiger partial charge in [0.05, 0.1) is 16.8 Å². The lowest BCUT2D eigenvalue weighted by Crippen LogP contribution is -2.32. The molecule has 1 aromatic carbocycles. The first kappa shape index (κ1) is 13.7. The molecule has 2 nitrogen and oxygen atoms in total. The van der Waals surface area contributed by atoms with Gasteiger partial charge >= 0.3 is 0 Å². The van der Waals surface area contributed by atoms with Crippen molar-refractivity contribution in [3.8, 4) is 0 Å². The van der Waals surface area contributed by atoms with Gasteiger partial charge in [0.1, 0.15) is 0 Å². The van der Waals surface area contributed by atoms with Gasteiger partial charge in [-0.2, -0.15) is 0 Å². The number of halogens is 1. The minimum absolute atomic E-state index is 0.460. The van der Waals surface area contributed by atoms with Crippen LogP contribution in [0.25, 0.3) is 0 Å². The largest absolute Gasteiger partial charge is 0.389 e. The highest BCUT2D eigenvalue weighted by Crippen LogP contribution is 2.33. The van der Waals surface area contributed by atoms with Crippen molar-refractivity contribution in [3.63, 3.8) is 0 Å². The average molecular weight is 268 g/mol. The predicted molar refractivity (Wildman–Crippen MR) is 77.3 cm³/mol. The van der Waals surface area contributed by atoms with Crippen LogP contribution in [0.4, 0.5) is 5.69 Å². The Balaban J connectivity index is 2.14. The normalized spacial score (nSPS) is 17.3. The summed E-state index contributed by atoms with van der Waals surface area (Å²) in [6.45, 7) is 6.00. The zero-order chi connectivity index (χ0) is 13.1. The molecule has 0 unspecified atom stereocenters. The van der Waals surface area contributed by atoms with Crippen LogP contribution in [0.15, 0.2) is 18.2 Å². The molecular formula is C15H22ClNO. The third-order valence-electron chi connectivity index (χ3n) is 3.88. The third-order valence-corrected chi connectivity index (χ3v) is 4.18. The second-order valence-electron chi connectivity index (χ2n) is 5.22. The van der Waals surface area contributed by atoms with Crippen LogP contribution in [0, 0.1) is 5.92 Å². The summed E-state index contributed by atoms with van der Waals surface area (Å²) in [5.74, 6) is 0.831. The Morgan fingerprint density at radius 1 is 1.44 bits per heavy atom. The van der Waals surface area contributed by atoms with Crippen LogP contribution >= 0.6 is 11.6 Å². The van der Waals surface area contributed by atoms with E-state index in [0.717, 1.165) is 35.3 Å². The molecule has 0 saturated heterocycles. The van der Waals surface area contributed by atoms with E-state index in [1.165, 1.54) is 19.3 Å². The Kier molecular flexibility index (Phi) is 4.52. The molecule has 0 heterocycles.